The van der Waals surface area contributed by atoms with Crippen LogP contribution < -0.4 is 4.65 Å². The van der Waals surface area contributed by atoms with Gasteiger partial charge in [-0.2, -0.15) is 0 Å². The highest BCUT2D eigenvalue weighted by Gasteiger charge is 2.11. The summed E-state index contributed by atoms with van der Waals surface area (Å²) in [6, 6.07) is 12.6. The van der Waals surface area contributed by atoms with Crippen LogP contribution in [-0.4, -0.2) is 22.4 Å². The molecule has 0 atom stereocenters. The van der Waals surface area contributed by atoms with Crippen LogP contribution in [0.5, 0.6) is 5.75 Å². The Kier molecular flexibility index (Phi) is 3.19. The minimum Gasteiger partial charge on any atom is -0.512 e. The summed E-state index contributed by atoms with van der Waals surface area (Å²) in [7, 11) is -1.81. The van der Waals surface area contributed by atoms with Crippen molar-refractivity contribution in [2.45, 2.75) is 0 Å². The first kappa shape index (κ1) is 10.7. The van der Waals surface area contributed by atoms with Gasteiger partial charge in [-0.3, -0.25) is 4.98 Å². The molecule has 0 fully saturated rings. The average molecular weight is 215 g/mol. The average Bonchev–Trinajstić information content (AvgIpc) is 2.30. The van der Waals surface area contributed by atoms with Gasteiger partial charge in [-0.25, -0.2) is 0 Å². The second kappa shape index (κ2) is 4.78. The third kappa shape index (κ3) is 2.59. The molecular formula is C11H10BNO3. The molecule has 0 saturated heterocycles. The van der Waals surface area contributed by atoms with Crippen molar-refractivity contribution in [2.75, 3.05) is 0 Å². The molecule has 2 rings (SSSR count). The van der Waals surface area contributed by atoms with Gasteiger partial charge in [0.05, 0.1) is 5.69 Å². The zero-order valence-electron chi connectivity index (χ0n) is 8.45. The minimum absolute atomic E-state index is 0.387. The third-order valence-corrected chi connectivity index (χ3v) is 2.04. The first-order valence-electron chi connectivity index (χ1n) is 4.80. The molecular weight excluding hydrogens is 205 g/mol. The number of hydrogen-bond acceptors (Lipinski definition) is 4. The van der Waals surface area contributed by atoms with E-state index in [0.29, 0.717) is 5.75 Å². The predicted molar refractivity (Wildman–Crippen MR) is 60.5 cm³/mol. The lowest BCUT2D eigenvalue weighted by molar-refractivity contribution is 0.288. The summed E-state index contributed by atoms with van der Waals surface area (Å²) in [6.07, 6.45) is 1.70. The van der Waals surface area contributed by atoms with E-state index in [1.807, 2.05) is 24.3 Å². The topological polar surface area (TPSA) is 62.6 Å². The van der Waals surface area contributed by atoms with E-state index in [1.165, 1.54) is 0 Å². The Hall–Kier alpha value is -1.85. The third-order valence-electron chi connectivity index (χ3n) is 2.04. The van der Waals surface area contributed by atoms with Gasteiger partial charge in [0.15, 0.2) is 0 Å². The van der Waals surface area contributed by atoms with Crippen LogP contribution in [0.15, 0.2) is 48.7 Å². The van der Waals surface area contributed by atoms with Crippen LogP contribution in [0.4, 0.5) is 0 Å². The molecule has 0 aliphatic rings. The highest BCUT2D eigenvalue weighted by atomic mass is 16.6. The van der Waals surface area contributed by atoms with Gasteiger partial charge in [-0.15, -0.1) is 0 Å². The molecule has 16 heavy (non-hydrogen) atoms. The van der Waals surface area contributed by atoms with Gasteiger partial charge in [0.25, 0.3) is 0 Å². The smallest absolute Gasteiger partial charge is 0.512 e. The van der Waals surface area contributed by atoms with Crippen molar-refractivity contribution in [3.05, 3.63) is 48.7 Å². The van der Waals surface area contributed by atoms with Crippen LogP contribution in [0.25, 0.3) is 11.3 Å². The van der Waals surface area contributed by atoms with Gasteiger partial charge in [-0.1, -0.05) is 18.2 Å². The highest BCUT2D eigenvalue weighted by Crippen LogP contribution is 2.21. The van der Waals surface area contributed by atoms with E-state index in [-0.39, 0.29) is 0 Å². The first-order valence-corrected chi connectivity index (χ1v) is 4.80. The van der Waals surface area contributed by atoms with Crippen LogP contribution in [0.3, 0.4) is 0 Å². The lowest BCUT2D eigenvalue weighted by atomic mass is 10.1. The molecule has 2 aromatic rings. The molecule has 0 aliphatic heterocycles. The molecule has 0 amide bonds. The van der Waals surface area contributed by atoms with Gasteiger partial charge < -0.3 is 14.7 Å². The van der Waals surface area contributed by atoms with E-state index in [9.17, 15) is 0 Å². The molecule has 0 spiro atoms. The van der Waals surface area contributed by atoms with E-state index in [1.54, 1.807) is 24.4 Å². The van der Waals surface area contributed by atoms with Gasteiger partial charge in [-0.05, 0) is 24.3 Å². The monoisotopic (exact) mass is 215 g/mol. The van der Waals surface area contributed by atoms with Crippen molar-refractivity contribution in [3.63, 3.8) is 0 Å². The zero-order valence-corrected chi connectivity index (χ0v) is 8.45. The summed E-state index contributed by atoms with van der Waals surface area (Å²) in [5.41, 5.74) is 1.67. The normalized spacial score (nSPS) is 9.88. The van der Waals surface area contributed by atoms with E-state index in [2.05, 4.69) is 4.98 Å². The SMILES string of the molecule is OB(O)Oc1cccc(-c2ccccn2)c1. The van der Waals surface area contributed by atoms with Gasteiger partial charge >= 0.3 is 7.32 Å². The Labute approximate surface area is 93.3 Å². The van der Waals surface area contributed by atoms with E-state index < -0.39 is 7.32 Å². The van der Waals surface area contributed by atoms with Crippen molar-refractivity contribution in [3.8, 4) is 17.0 Å². The number of hydrogen-bond donors (Lipinski definition) is 2. The molecule has 2 N–H and O–H groups in total. The number of rotatable bonds is 3. The van der Waals surface area contributed by atoms with Crippen molar-refractivity contribution in [2.24, 2.45) is 0 Å². The first-order chi connectivity index (χ1) is 7.75. The van der Waals surface area contributed by atoms with Gasteiger partial charge in [0.2, 0.25) is 0 Å². The fourth-order valence-electron chi connectivity index (χ4n) is 1.38. The fraction of sp³-hybridized carbons (Fsp3) is 0. The molecule has 0 radical (unpaired) electrons. The quantitative estimate of drug-likeness (QED) is 0.752. The highest BCUT2D eigenvalue weighted by molar-refractivity contribution is 6.33. The van der Waals surface area contributed by atoms with E-state index in [0.717, 1.165) is 11.3 Å². The minimum atomic E-state index is -1.81. The molecule has 1 aromatic heterocycles. The van der Waals surface area contributed by atoms with E-state index in [4.69, 9.17) is 14.7 Å². The Bertz CT molecular complexity index is 462. The van der Waals surface area contributed by atoms with Crippen molar-refractivity contribution in [1.29, 1.82) is 0 Å². The predicted octanol–water partition coefficient (Wildman–Crippen LogP) is 1.10. The lowest BCUT2D eigenvalue weighted by Crippen LogP contribution is -2.20. The molecule has 5 heteroatoms. The Morgan fingerprint density at radius 1 is 1.06 bits per heavy atom. The molecule has 80 valence electrons. The second-order valence-corrected chi connectivity index (χ2v) is 3.19. The molecule has 0 bridgehead atoms. The maximum absolute atomic E-state index is 8.68. The Morgan fingerprint density at radius 3 is 2.62 bits per heavy atom. The van der Waals surface area contributed by atoms with E-state index >= 15 is 0 Å². The molecule has 0 unspecified atom stereocenters. The zero-order chi connectivity index (χ0) is 11.4. The summed E-state index contributed by atoms with van der Waals surface area (Å²) in [5, 5.41) is 17.4. The van der Waals surface area contributed by atoms with Crippen LogP contribution >= 0.6 is 0 Å². The van der Waals surface area contributed by atoms with Crippen LogP contribution in [-0.2, 0) is 0 Å². The van der Waals surface area contributed by atoms with Crippen LogP contribution in [0.1, 0.15) is 0 Å². The van der Waals surface area contributed by atoms with Crippen LogP contribution in [0, 0.1) is 0 Å². The van der Waals surface area contributed by atoms with Crippen molar-refractivity contribution < 1.29 is 14.7 Å². The molecule has 4 nitrogen and oxygen atoms in total. The summed E-state index contributed by atoms with van der Waals surface area (Å²) >= 11 is 0. The molecule has 1 heterocycles. The number of pyridine rings is 1. The van der Waals surface area contributed by atoms with Gasteiger partial charge in [0.1, 0.15) is 5.75 Å². The summed E-state index contributed by atoms with van der Waals surface area (Å²) in [6.45, 7) is 0. The molecule has 1 aromatic carbocycles. The Balaban J connectivity index is 2.29. The van der Waals surface area contributed by atoms with Crippen LogP contribution in [0.2, 0.25) is 0 Å². The number of nitrogens with zero attached hydrogens (tertiary/aromatic N) is 1. The largest absolute Gasteiger partial charge is 0.707 e. The van der Waals surface area contributed by atoms with Gasteiger partial charge in [0, 0.05) is 11.8 Å². The molecule has 0 aliphatic carbocycles. The maximum atomic E-state index is 8.68. The summed E-state index contributed by atoms with van der Waals surface area (Å²) in [4.78, 5) is 4.19. The number of aromatic nitrogens is 1. The number of benzene rings is 1. The standard InChI is InChI=1S/C11H10BNO3/c14-12(15)16-10-5-3-4-9(8-10)11-6-1-2-7-13-11/h1-8,14-15H. The summed E-state index contributed by atoms with van der Waals surface area (Å²) < 4.78 is 4.76. The van der Waals surface area contributed by atoms with Crippen molar-refractivity contribution in [1.82, 2.24) is 4.98 Å². The summed E-state index contributed by atoms with van der Waals surface area (Å²) in [5.74, 6) is 0.387. The van der Waals surface area contributed by atoms with Crippen molar-refractivity contribution >= 4 is 7.32 Å². The second-order valence-electron chi connectivity index (χ2n) is 3.19. The molecule has 0 saturated carbocycles. The fourth-order valence-corrected chi connectivity index (χ4v) is 1.38. The Morgan fingerprint density at radius 2 is 1.94 bits per heavy atom. The maximum Gasteiger partial charge on any atom is 0.707 e. The lowest BCUT2D eigenvalue weighted by Gasteiger charge is -2.06.